The molecule has 2 aromatic carbocycles. The van der Waals surface area contributed by atoms with Gasteiger partial charge in [-0.25, -0.2) is 8.78 Å². The Hall–Kier alpha value is -3.18. The van der Waals surface area contributed by atoms with Crippen molar-refractivity contribution in [2.75, 3.05) is 25.5 Å². The summed E-state index contributed by atoms with van der Waals surface area (Å²) in [4.78, 5) is 2.08. The van der Waals surface area contributed by atoms with E-state index in [0.717, 1.165) is 42.4 Å². The average molecular weight is 482 g/mol. The Bertz CT molecular complexity index is 930. The van der Waals surface area contributed by atoms with Crippen molar-refractivity contribution < 1.29 is 8.78 Å². The van der Waals surface area contributed by atoms with E-state index in [1.54, 1.807) is 6.20 Å². The van der Waals surface area contributed by atoms with Gasteiger partial charge in [0.15, 0.2) is 0 Å². The molecule has 0 heterocycles. The van der Waals surface area contributed by atoms with Crippen molar-refractivity contribution in [3.05, 3.63) is 110 Å². The summed E-state index contributed by atoms with van der Waals surface area (Å²) < 4.78 is 26.2. The third kappa shape index (κ3) is 12.7. The molecule has 0 aromatic heterocycles. The van der Waals surface area contributed by atoms with Crippen LogP contribution in [0.2, 0.25) is 0 Å². The van der Waals surface area contributed by atoms with E-state index in [0.29, 0.717) is 18.5 Å². The zero-order chi connectivity index (χ0) is 26.1. The molecule has 0 bridgehead atoms. The lowest BCUT2D eigenvalue weighted by molar-refractivity contribution is 0.0111. The fourth-order valence-corrected chi connectivity index (χ4v) is 3.41. The van der Waals surface area contributed by atoms with Crippen LogP contribution in [0.5, 0.6) is 0 Å². The summed E-state index contributed by atoms with van der Waals surface area (Å²) in [7, 11) is 3.95. The summed E-state index contributed by atoms with van der Waals surface area (Å²) in [6, 6.07) is 18.0. The highest BCUT2D eigenvalue weighted by Gasteiger charge is 2.20. The summed E-state index contributed by atoms with van der Waals surface area (Å²) in [5.41, 5.74) is 4.74. The lowest BCUT2D eigenvalue weighted by atomic mass is 10.0. The number of nitrogens with zero attached hydrogens (tertiary/aromatic N) is 1. The molecular weight excluding hydrogens is 440 g/mol. The molecule has 0 atom stereocenters. The second kappa shape index (κ2) is 16.4. The molecule has 2 N–H and O–H groups in total. The van der Waals surface area contributed by atoms with Gasteiger partial charge in [0.2, 0.25) is 5.92 Å². The highest BCUT2D eigenvalue weighted by Crippen LogP contribution is 2.27. The molecule has 0 aliphatic rings. The lowest BCUT2D eigenvalue weighted by Crippen LogP contribution is -2.17. The van der Waals surface area contributed by atoms with Crippen molar-refractivity contribution in [2.45, 2.75) is 45.0 Å². The Labute approximate surface area is 210 Å². The molecular formula is C30H41F2N3. The SMILES string of the molecule is C=CCCCNC.C=CNC(=C)/C=C(/c1cccc(CCCC(C)(F)F)c1)N(C)c1ccccc1. The number of halogens is 2. The fraction of sp³-hybridized carbons (Fsp3) is 0.333. The van der Waals surface area contributed by atoms with E-state index in [1.807, 2.05) is 74.8 Å². The highest BCUT2D eigenvalue weighted by molar-refractivity contribution is 5.80. The summed E-state index contributed by atoms with van der Waals surface area (Å²) in [6.07, 6.45) is 8.77. The molecule has 0 aliphatic carbocycles. The Morgan fingerprint density at radius 3 is 2.37 bits per heavy atom. The Morgan fingerprint density at radius 1 is 1.06 bits per heavy atom. The van der Waals surface area contributed by atoms with Gasteiger partial charge in [-0.15, -0.1) is 6.58 Å². The maximum atomic E-state index is 13.1. The van der Waals surface area contributed by atoms with Crippen LogP contribution < -0.4 is 15.5 Å². The fourth-order valence-electron chi connectivity index (χ4n) is 3.41. The van der Waals surface area contributed by atoms with E-state index in [-0.39, 0.29) is 6.42 Å². The molecule has 0 radical (unpaired) electrons. The molecule has 5 heteroatoms. The highest BCUT2D eigenvalue weighted by atomic mass is 19.3. The number of rotatable bonds is 14. The van der Waals surface area contributed by atoms with Crippen molar-refractivity contribution in [3.63, 3.8) is 0 Å². The van der Waals surface area contributed by atoms with Crippen LogP contribution in [0, 0.1) is 0 Å². The molecule has 0 spiro atoms. The number of benzene rings is 2. The first-order valence-corrected chi connectivity index (χ1v) is 12.0. The van der Waals surface area contributed by atoms with E-state index in [4.69, 9.17) is 0 Å². The van der Waals surface area contributed by atoms with Crippen molar-refractivity contribution >= 4 is 11.4 Å². The number of para-hydroxylation sites is 1. The van der Waals surface area contributed by atoms with Gasteiger partial charge in [-0.05, 0) is 87.8 Å². The Morgan fingerprint density at radius 2 is 1.77 bits per heavy atom. The topological polar surface area (TPSA) is 27.3 Å². The molecule has 190 valence electrons. The molecule has 0 unspecified atom stereocenters. The summed E-state index contributed by atoms with van der Waals surface area (Å²) in [5, 5.41) is 6.06. The quantitative estimate of drug-likeness (QED) is 0.166. The zero-order valence-corrected chi connectivity index (χ0v) is 21.5. The van der Waals surface area contributed by atoms with Gasteiger partial charge in [0.25, 0.3) is 0 Å². The van der Waals surface area contributed by atoms with E-state index in [1.165, 1.54) is 6.42 Å². The van der Waals surface area contributed by atoms with Crippen molar-refractivity contribution in [1.82, 2.24) is 10.6 Å². The molecule has 0 saturated carbocycles. The maximum absolute atomic E-state index is 13.1. The van der Waals surface area contributed by atoms with E-state index >= 15 is 0 Å². The first kappa shape index (κ1) is 29.9. The third-order valence-corrected chi connectivity index (χ3v) is 5.24. The van der Waals surface area contributed by atoms with Crippen LogP contribution in [0.25, 0.3) is 5.70 Å². The van der Waals surface area contributed by atoms with Crippen molar-refractivity contribution in [3.8, 4) is 0 Å². The van der Waals surface area contributed by atoms with Crippen LogP contribution >= 0.6 is 0 Å². The summed E-state index contributed by atoms with van der Waals surface area (Å²) in [6.45, 7) is 13.4. The number of unbranched alkanes of at least 4 members (excludes halogenated alkanes) is 1. The van der Waals surface area contributed by atoms with E-state index in [2.05, 4.69) is 41.3 Å². The molecule has 0 saturated heterocycles. The van der Waals surface area contributed by atoms with Crippen LogP contribution in [-0.2, 0) is 6.42 Å². The van der Waals surface area contributed by atoms with Crippen molar-refractivity contribution in [1.29, 1.82) is 0 Å². The van der Waals surface area contributed by atoms with Gasteiger partial charge >= 0.3 is 0 Å². The van der Waals surface area contributed by atoms with Crippen LogP contribution in [0.1, 0.15) is 43.7 Å². The van der Waals surface area contributed by atoms with Crippen LogP contribution in [0.15, 0.2) is 98.4 Å². The largest absolute Gasteiger partial charge is 0.363 e. The monoisotopic (exact) mass is 481 g/mol. The maximum Gasteiger partial charge on any atom is 0.245 e. The van der Waals surface area contributed by atoms with E-state index in [9.17, 15) is 8.78 Å². The first-order chi connectivity index (χ1) is 16.7. The molecule has 0 aliphatic heterocycles. The second-order valence-electron chi connectivity index (χ2n) is 8.46. The third-order valence-electron chi connectivity index (χ3n) is 5.24. The smallest absolute Gasteiger partial charge is 0.245 e. The Kier molecular flexibility index (Phi) is 14.0. The van der Waals surface area contributed by atoms with Crippen LogP contribution in [0.4, 0.5) is 14.5 Å². The number of nitrogens with one attached hydrogen (secondary N) is 2. The molecule has 3 nitrogen and oxygen atoms in total. The van der Waals surface area contributed by atoms with Gasteiger partial charge in [-0.2, -0.15) is 0 Å². The lowest BCUT2D eigenvalue weighted by Gasteiger charge is -2.24. The molecule has 0 amide bonds. The molecule has 2 rings (SSSR count). The number of hydrogen-bond donors (Lipinski definition) is 2. The van der Waals surface area contributed by atoms with Gasteiger partial charge in [-0.1, -0.05) is 55.6 Å². The van der Waals surface area contributed by atoms with Crippen molar-refractivity contribution in [2.24, 2.45) is 0 Å². The number of allylic oxidation sites excluding steroid dienone is 2. The normalized spacial score (nSPS) is 11.2. The minimum Gasteiger partial charge on any atom is -0.363 e. The average Bonchev–Trinajstić information content (AvgIpc) is 2.83. The van der Waals surface area contributed by atoms with Gasteiger partial charge in [0.05, 0.1) is 5.70 Å². The zero-order valence-electron chi connectivity index (χ0n) is 21.5. The second-order valence-corrected chi connectivity index (χ2v) is 8.46. The predicted octanol–water partition coefficient (Wildman–Crippen LogP) is 7.56. The van der Waals surface area contributed by atoms with Gasteiger partial charge < -0.3 is 15.5 Å². The van der Waals surface area contributed by atoms with Crippen LogP contribution in [0.3, 0.4) is 0 Å². The van der Waals surface area contributed by atoms with Gasteiger partial charge in [-0.3, -0.25) is 0 Å². The molecule has 2 aromatic rings. The van der Waals surface area contributed by atoms with Crippen LogP contribution in [-0.4, -0.2) is 26.6 Å². The first-order valence-electron chi connectivity index (χ1n) is 12.0. The minimum absolute atomic E-state index is 0.107. The number of anilines is 1. The minimum atomic E-state index is -2.62. The van der Waals surface area contributed by atoms with E-state index < -0.39 is 5.92 Å². The number of hydrogen-bond acceptors (Lipinski definition) is 3. The number of alkyl halides is 2. The predicted molar refractivity (Wildman–Crippen MR) is 149 cm³/mol. The molecule has 35 heavy (non-hydrogen) atoms. The number of aryl methyl sites for hydroxylation is 1. The Balaban J connectivity index is 0.000000762. The summed E-state index contributed by atoms with van der Waals surface area (Å²) >= 11 is 0. The standard InChI is InChI=1S/C24H28F2N2.C6H13N/c1-5-27-19(2)17-23(28(4)22-14-7-6-8-15-22)21-13-9-11-20(18-21)12-10-16-24(3,25)26;1-3-4-5-6-7-2/h5-9,11,13-15,17-18,27H,1-2,10,12,16H2,3-4H3;3,7H,1,4-6H2,2H3/b23-17-;. The molecule has 0 fully saturated rings. The van der Waals surface area contributed by atoms with Gasteiger partial charge in [0, 0.05) is 24.9 Å². The summed E-state index contributed by atoms with van der Waals surface area (Å²) in [5.74, 6) is -2.62. The van der Waals surface area contributed by atoms with Gasteiger partial charge in [0.1, 0.15) is 0 Å².